The average Bonchev–Trinajstić information content (AvgIpc) is 1.82. The normalized spacial score (nSPS) is 18.6. The van der Waals surface area contributed by atoms with Crippen molar-refractivity contribution in [2.24, 2.45) is 5.92 Å². The van der Waals surface area contributed by atoms with Crippen LogP contribution in [0.15, 0.2) is 0 Å². The molecule has 1 saturated heterocycles. The third kappa shape index (κ3) is 1.31. The van der Waals surface area contributed by atoms with Crippen LogP contribution in [0.1, 0.15) is 6.92 Å². The van der Waals surface area contributed by atoms with Gasteiger partial charge in [-0.15, -0.1) is 0 Å². The molecule has 1 rings (SSSR count). The van der Waals surface area contributed by atoms with Crippen LogP contribution in [0.25, 0.3) is 0 Å². The lowest BCUT2D eigenvalue weighted by molar-refractivity contribution is -0.141. The molecule has 2 N–H and O–H groups in total. The Labute approximate surface area is 67.3 Å². The van der Waals surface area contributed by atoms with Crippen LogP contribution in [0.5, 0.6) is 0 Å². The minimum absolute atomic E-state index is 0.586. The van der Waals surface area contributed by atoms with Gasteiger partial charge in [0.1, 0.15) is 0 Å². The molecule has 0 aromatic carbocycles. The van der Waals surface area contributed by atoms with Crippen LogP contribution in [0.3, 0.4) is 0 Å². The summed E-state index contributed by atoms with van der Waals surface area (Å²) in [7, 11) is 0. The molecule has 0 aromatic heterocycles. The zero-order valence-electron chi connectivity index (χ0n) is 6.21. The fraction of sp³-hybridized carbons (Fsp3) is 0.333. The molecule has 1 heterocycles. The molecule has 0 spiro atoms. The van der Waals surface area contributed by atoms with Crippen molar-refractivity contribution in [1.29, 1.82) is 0 Å². The summed E-state index contributed by atoms with van der Waals surface area (Å²) < 4.78 is 0. The van der Waals surface area contributed by atoms with Gasteiger partial charge in [-0.05, 0) is 6.92 Å². The van der Waals surface area contributed by atoms with E-state index in [0.717, 1.165) is 6.92 Å². The van der Waals surface area contributed by atoms with Gasteiger partial charge < -0.3 is 0 Å². The molecule has 1 fully saturated rings. The van der Waals surface area contributed by atoms with E-state index in [1.807, 2.05) is 10.6 Å². The highest BCUT2D eigenvalue weighted by Gasteiger charge is 2.37. The fourth-order valence-electron chi connectivity index (χ4n) is 0.888. The fourth-order valence-corrected chi connectivity index (χ4v) is 0.888. The highest BCUT2D eigenvalue weighted by atomic mass is 16.2. The van der Waals surface area contributed by atoms with E-state index in [-0.39, 0.29) is 0 Å². The molecule has 0 bridgehead atoms. The summed E-state index contributed by atoms with van der Waals surface area (Å²) in [4.78, 5) is 42.9. The lowest BCUT2D eigenvalue weighted by Gasteiger charge is -2.17. The van der Waals surface area contributed by atoms with Crippen molar-refractivity contribution in [3.8, 4) is 0 Å². The number of hydrogen-bond donors (Lipinski definition) is 2. The van der Waals surface area contributed by atoms with Gasteiger partial charge in [-0.2, -0.15) is 0 Å². The maximum atomic E-state index is 10.8. The zero-order valence-corrected chi connectivity index (χ0v) is 6.21. The summed E-state index contributed by atoms with van der Waals surface area (Å²) >= 11 is 0. The van der Waals surface area contributed by atoms with Gasteiger partial charge >= 0.3 is 6.03 Å². The molecule has 1 aliphatic rings. The third-order valence-corrected chi connectivity index (χ3v) is 1.40. The van der Waals surface area contributed by atoms with E-state index in [2.05, 4.69) is 0 Å². The van der Waals surface area contributed by atoms with Crippen LogP contribution < -0.4 is 10.6 Å². The number of rotatable bonds is 1. The second kappa shape index (κ2) is 2.72. The molecule has 1 aliphatic heterocycles. The van der Waals surface area contributed by atoms with Gasteiger partial charge in [0, 0.05) is 0 Å². The van der Waals surface area contributed by atoms with Gasteiger partial charge in [-0.3, -0.25) is 25.0 Å². The number of carbonyl (C=O) groups is 4. The smallest absolute Gasteiger partial charge is 0.299 e. The minimum atomic E-state index is -1.39. The Morgan fingerprint density at radius 1 is 1.17 bits per heavy atom. The van der Waals surface area contributed by atoms with Crippen molar-refractivity contribution < 1.29 is 19.2 Å². The highest BCUT2D eigenvalue weighted by Crippen LogP contribution is 2.02. The Morgan fingerprint density at radius 3 is 1.92 bits per heavy atom. The monoisotopic (exact) mass is 170 g/mol. The number of imide groups is 2. The molecule has 0 aromatic rings. The topological polar surface area (TPSA) is 92.3 Å². The highest BCUT2D eigenvalue weighted by molar-refractivity contribution is 6.26. The average molecular weight is 170 g/mol. The Hall–Kier alpha value is -1.72. The summed E-state index contributed by atoms with van der Waals surface area (Å²) in [6.45, 7) is 1.11. The first-order valence-electron chi connectivity index (χ1n) is 3.18. The summed E-state index contributed by atoms with van der Waals surface area (Å²) in [6, 6.07) is -0.887. The Morgan fingerprint density at radius 2 is 1.58 bits per heavy atom. The molecular formula is C6H6N2O4. The van der Waals surface area contributed by atoms with Crippen molar-refractivity contribution in [3.63, 3.8) is 0 Å². The maximum absolute atomic E-state index is 10.8. The number of ketones is 1. The first-order valence-corrected chi connectivity index (χ1v) is 3.18. The molecular weight excluding hydrogens is 164 g/mol. The molecule has 64 valence electrons. The van der Waals surface area contributed by atoms with Crippen molar-refractivity contribution in [1.82, 2.24) is 10.6 Å². The Kier molecular flexibility index (Phi) is 1.90. The molecule has 12 heavy (non-hydrogen) atoms. The van der Waals surface area contributed by atoms with Crippen molar-refractivity contribution >= 4 is 23.6 Å². The summed E-state index contributed by atoms with van der Waals surface area (Å²) in [5, 5.41) is 3.62. The van der Waals surface area contributed by atoms with E-state index in [1.165, 1.54) is 0 Å². The number of carbonyl (C=O) groups excluding carboxylic acids is 4. The summed E-state index contributed by atoms with van der Waals surface area (Å²) in [5.74, 6) is -3.70. The number of barbiturate groups is 1. The van der Waals surface area contributed by atoms with E-state index in [4.69, 9.17) is 0 Å². The zero-order chi connectivity index (χ0) is 9.30. The van der Waals surface area contributed by atoms with E-state index < -0.39 is 29.5 Å². The Balaban J connectivity index is 2.88. The predicted molar refractivity (Wildman–Crippen MR) is 35.9 cm³/mol. The van der Waals surface area contributed by atoms with Crippen LogP contribution in [0, 0.1) is 5.92 Å². The lowest BCUT2D eigenvalue weighted by Crippen LogP contribution is -2.57. The lowest BCUT2D eigenvalue weighted by atomic mass is 10.0. The quantitative estimate of drug-likeness (QED) is 0.471. The number of Topliss-reactive ketones (excluding diaryl/α,β-unsaturated/α-hetero) is 1. The Bertz CT molecular complexity index is 263. The van der Waals surface area contributed by atoms with Crippen molar-refractivity contribution in [2.45, 2.75) is 6.92 Å². The van der Waals surface area contributed by atoms with Crippen LogP contribution in [-0.4, -0.2) is 23.6 Å². The van der Waals surface area contributed by atoms with Gasteiger partial charge in [0.15, 0.2) is 11.7 Å². The minimum Gasteiger partial charge on any atom is -0.299 e. The van der Waals surface area contributed by atoms with E-state index in [9.17, 15) is 19.2 Å². The maximum Gasteiger partial charge on any atom is 0.328 e. The molecule has 6 heteroatoms. The largest absolute Gasteiger partial charge is 0.328 e. The van der Waals surface area contributed by atoms with Crippen molar-refractivity contribution in [3.05, 3.63) is 0 Å². The van der Waals surface area contributed by atoms with Gasteiger partial charge in [-0.25, -0.2) is 4.79 Å². The number of hydrogen-bond acceptors (Lipinski definition) is 4. The first kappa shape index (κ1) is 8.38. The first-order chi connectivity index (χ1) is 5.52. The molecule has 0 radical (unpaired) electrons. The van der Waals surface area contributed by atoms with Crippen LogP contribution >= 0.6 is 0 Å². The standard InChI is InChI=1S/C6H6N2O4/c1-2(9)3-4(10)7-6(12)8-5(3)11/h3H,1H3,(H2,7,8,10,11,12). The van der Waals surface area contributed by atoms with Crippen LogP contribution in [0.4, 0.5) is 4.79 Å². The van der Waals surface area contributed by atoms with Gasteiger partial charge in [0.25, 0.3) is 0 Å². The molecule has 4 amide bonds. The van der Waals surface area contributed by atoms with Gasteiger partial charge in [-0.1, -0.05) is 0 Å². The molecule has 0 aliphatic carbocycles. The molecule has 0 unspecified atom stereocenters. The van der Waals surface area contributed by atoms with Crippen LogP contribution in [0.2, 0.25) is 0 Å². The van der Waals surface area contributed by atoms with E-state index in [1.54, 1.807) is 0 Å². The summed E-state index contributed by atoms with van der Waals surface area (Å²) in [5.41, 5.74) is 0. The summed E-state index contributed by atoms with van der Waals surface area (Å²) in [6.07, 6.45) is 0. The van der Waals surface area contributed by atoms with Crippen LogP contribution in [-0.2, 0) is 14.4 Å². The van der Waals surface area contributed by atoms with Gasteiger partial charge in [0.2, 0.25) is 11.8 Å². The third-order valence-electron chi connectivity index (χ3n) is 1.40. The number of urea groups is 1. The second-order valence-corrected chi connectivity index (χ2v) is 2.35. The van der Waals surface area contributed by atoms with E-state index >= 15 is 0 Å². The second-order valence-electron chi connectivity index (χ2n) is 2.35. The molecule has 0 saturated carbocycles. The number of amides is 4. The van der Waals surface area contributed by atoms with E-state index in [0.29, 0.717) is 0 Å². The SMILES string of the molecule is CC(=O)C1C(=O)NC(=O)NC1=O. The number of nitrogens with one attached hydrogen (secondary N) is 2. The molecule has 6 nitrogen and oxygen atoms in total. The van der Waals surface area contributed by atoms with Gasteiger partial charge in [0.05, 0.1) is 0 Å². The van der Waals surface area contributed by atoms with Crippen molar-refractivity contribution in [2.75, 3.05) is 0 Å². The predicted octanol–water partition coefficient (Wildman–Crippen LogP) is -1.44. The molecule has 0 atom stereocenters.